The zero-order valence-electron chi connectivity index (χ0n) is 10.6. The van der Waals surface area contributed by atoms with Gasteiger partial charge < -0.3 is 15.7 Å². The van der Waals surface area contributed by atoms with E-state index in [1.807, 2.05) is 0 Å². The predicted molar refractivity (Wildman–Crippen MR) is 80.1 cm³/mol. The number of carboxylic acids is 1. The van der Waals surface area contributed by atoms with Crippen LogP contribution in [0.2, 0.25) is 5.02 Å². The van der Waals surface area contributed by atoms with Crippen LogP contribution in [0.4, 0.5) is 10.5 Å². The molecule has 0 atom stereocenters. The maximum Gasteiger partial charge on any atom is 0.319 e. The Hall–Kier alpha value is -1.27. The lowest BCUT2D eigenvalue weighted by Crippen LogP contribution is -2.48. The smallest absolute Gasteiger partial charge is 0.319 e. The zero-order valence-corrected chi connectivity index (χ0v) is 12.9. The Labute approximate surface area is 129 Å². The van der Waals surface area contributed by atoms with E-state index in [-0.39, 0.29) is 6.54 Å². The Balaban J connectivity index is 1.89. The second-order valence-corrected chi connectivity index (χ2v) is 6.14. The molecular formula is C13H14BrClN2O3. The van der Waals surface area contributed by atoms with Crippen LogP contribution in [0.15, 0.2) is 22.7 Å². The van der Waals surface area contributed by atoms with Gasteiger partial charge in [0.15, 0.2) is 0 Å². The van der Waals surface area contributed by atoms with E-state index in [4.69, 9.17) is 16.7 Å². The van der Waals surface area contributed by atoms with Crippen molar-refractivity contribution in [3.05, 3.63) is 27.7 Å². The number of carbonyl (C=O) groups excluding carboxylic acids is 1. The van der Waals surface area contributed by atoms with E-state index in [9.17, 15) is 9.59 Å². The summed E-state index contributed by atoms with van der Waals surface area (Å²) in [6.07, 6.45) is 2.10. The van der Waals surface area contributed by atoms with Crippen LogP contribution < -0.4 is 10.6 Å². The fourth-order valence-electron chi connectivity index (χ4n) is 2.07. The third-order valence-electron chi connectivity index (χ3n) is 3.53. The highest BCUT2D eigenvalue weighted by Gasteiger charge is 2.44. The number of nitrogens with one attached hydrogen (secondary N) is 2. The summed E-state index contributed by atoms with van der Waals surface area (Å²) in [7, 11) is 0. The monoisotopic (exact) mass is 360 g/mol. The summed E-state index contributed by atoms with van der Waals surface area (Å²) in [6.45, 7) is 0.142. The van der Waals surface area contributed by atoms with Gasteiger partial charge in [-0.15, -0.1) is 0 Å². The van der Waals surface area contributed by atoms with Crippen molar-refractivity contribution >= 4 is 45.2 Å². The fraction of sp³-hybridized carbons (Fsp3) is 0.385. The summed E-state index contributed by atoms with van der Waals surface area (Å²) in [6, 6.07) is 4.58. The third kappa shape index (κ3) is 3.24. The van der Waals surface area contributed by atoms with Gasteiger partial charge in [-0.2, -0.15) is 0 Å². The van der Waals surface area contributed by atoms with Crippen molar-refractivity contribution in [2.45, 2.75) is 19.3 Å². The van der Waals surface area contributed by atoms with Crippen molar-refractivity contribution in [1.82, 2.24) is 5.32 Å². The molecule has 108 valence electrons. The van der Waals surface area contributed by atoms with Crippen LogP contribution in [-0.4, -0.2) is 23.7 Å². The number of carbonyl (C=O) groups is 2. The van der Waals surface area contributed by atoms with Crippen molar-refractivity contribution in [3.8, 4) is 0 Å². The molecule has 1 saturated carbocycles. The number of benzene rings is 1. The Bertz CT molecular complexity index is 546. The minimum Gasteiger partial charge on any atom is -0.481 e. The van der Waals surface area contributed by atoms with Gasteiger partial charge in [-0.3, -0.25) is 4.79 Å². The molecule has 0 aromatic heterocycles. The molecule has 3 N–H and O–H groups in total. The Morgan fingerprint density at radius 1 is 1.40 bits per heavy atom. The van der Waals surface area contributed by atoms with Gasteiger partial charge in [0.1, 0.15) is 0 Å². The normalized spacial score (nSPS) is 16.1. The summed E-state index contributed by atoms with van der Waals surface area (Å²) in [5.74, 6) is -0.849. The quantitative estimate of drug-likeness (QED) is 0.768. The SMILES string of the molecule is O=C(NCC1(C(=O)O)CCC1)Nc1ccc(Cl)c(Br)c1. The lowest BCUT2D eigenvalue weighted by Gasteiger charge is -2.37. The average Bonchev–Trinajstić information content (AvgIpc) is 2.32. The minimum atomic E-state index is -0.849. The molecule has 0 aliphatic heterocycles. The summed E-state index contributed by atoms with van der Waals surface area (Å²) >= 11 is 9.12. The van der Waals surface area contributed by atoms with E-state index in [0.29, 0.717) is 28.0 Å². The Morgan fingerprint density at radius 3 is 2.60 bits per heavy atom. The third-order valence-corrected chi connectivity index (χ3v) is 4.74. The van der Waals surface area contributed by atoms with Crippen LogP contribution in [0.3, 0.4) is 0 Å². The number of hydrogen-bond acceptors (Lipinski definition) is 2. The van der Waals surface area contributed by atoms with Crippen molar-refractivity contribution < 1.29 is 14.7 Å². The second-order valence-electron chi connectivity index (χ2n) is 4.88. The number of halogens is 2. The van der Waals surface area contributed by atoms with Crippen LogP contribution >= 0.6 is 27.5 Å². The molecule has 1 aromatic carbocycles. The summed E-state index contributed by atoms with van der Waals surface area (Å²) in [5.41, 5.74) is -0.213. The molecule has 2 rings (SSSR count). The van der Waals surface area contributed by atoms with Crippen LogP contribution in [0.1, 0.15) is 19.3 Å². The van der Waals surface area contributed by atoms with Gasteiger partial charge in [-0.05, 0) is 47.0 Å². The first-order valence-electron chi connectivity index (χ1n) is 6.16. The standard InChI is InChI=1S/C13H14BrClN2O3/c14-9-6-8(2-3-10(9)15)17-12(20)16-7-13(11(18)19)4-1-5-13/h2-3,6H,1,4-5,7H2,(H,18,19)(H2,16,17,20). The van der Waals surface area contributed by atoms with Gasteiger partial charge in [0.2, 0.25) is 0 Å². The van der Waals surface area contributed by atoms with E-state index in [1.54, 1.807) is 18.2 Å². The van der Waals surface area contributed by atoms with Crippen LogP contribution in [0, 0.1) is 5.41 Å². The predicted octanol–water partition coefficient (Wildman–Crippen LogP) is 3.48. The van der Waals surface area contributed by atoms with Gasteiger partial charge in [-0.1, -0.05) is 18.0 Å². The molecule has 1 fully saturated rings. The van der Waals surface area contributed by atoms with E-state index >= 15 is 0 Å². The molecule has 7 heteroatoms. The van der Waals surface area contributed by atoms with Gasteiger partial charge in [0.25, 0.3) is 0 Å². The molecule has 1 aromatic rings. The lowest BCUT2D eigenvalue weighted by atomic mass is 9.69. The second kappa shape index (κ2) is 6.01. The first kappa shape index (κ1) is 15.1. The van der Waals surface area contributed by atoms with E-state index < -0.39 is 17.4 Å². The molecule has 0 heterocycles. The maximum atomic E-state index is 11.8. The van der Waals surface area contributed by atoms with E-state index in [2.05, 4.69) is 26.6 Å². The number of amides is 2. The number of carboxylic acid groups (broad SMARTS) is 1. The molecule has 2 amide bonds. The summed E-state index contributed by atoms with van der Waals surface area (Å²) in [4.78, 5) is 22.9. The Kier molecular flexibility index (Phi) is 4.55. The van der Waals surface area contributed by atoms with Crippen LogP contribution in [0.25, 0.3) is 0 Å². The lowest BCUT2D eigenvalue weighted by molar-refractivity contribution is -0.153. The topological polar surface area (TPSA) is 78.4 Å². The average molecular weight is 362 g/mol. The zero-order chi connectivity index (χ0) is 14.8. The summed E-state index contributed by atoms with van der Waals surface area (Å²) in [5, 5.41) is 15.0. The fourth-order valence-corrected chi connectivity index (χ4v) is 2.56. The minimum absolute atomic E-state index is 0.142. The van der Waals surface area contributed by atoms with Crippen LogP contribution in [-0.2, 0) is 4.79 Å². The molecule has 1 aliphatic rings. The van der Waals surface area contributed by atoms with E-state index in [0.717, 1.165) is 6.42 Å². The molecule has 1 aliphatic carbocycles. The molecule has 0 saturated heterocycles. The molecule has 5 nitrogen and oxygen atoms in total. The first-order valence-corrected chi connectivity index (χ1v) is 7.33. The van der Waals surface area contributed by atoms with Crippen molar-refractivity contribution in [2.24, 2.45) is 5.41 Å². The molecule has 0 unspecified atom stereocenters. The number of urea groups is 1. The van der Waals surface area contributed by atoms with Crippen molar-refractivity contribution in [3.63, 3.8) is 0 Å². The highest BCUT2D eigenvalue weighted by Crippen LogP contribution is 2.40. The molecule has 0 radical (unpaired) electrons. The van der Waals surface area contributed by atoms with Crippen molar-refractivity contribution in [2.75, 3.05) is 11.9 Å². The Morgan fingerprint density at radius 2 is 2.10 bits per heavy atom. The van der Waals surface area contributed by atoms with Gasteiger partial charge in [0.05, 0.1) is 10.4 Å². The first-order chi connectivity index (χ1) is 9.43. The largest absolute Gasteiger partial charge is 0.481 e. The molecule has 0 bridgehead atoms. The number of hydrogen-bond donors (Lipinski definition) is 3. The van der Waals surface area contributed by atoms with Gasteiger partial charge >= 0.3 is 12.0 Å². The highest BCUT2D eigenvalue weighted by atomic mass is 79.9. The van der Waals surface area contributed by atoms with Crippen LogP contribution in [0.5, 0.6) is 0 Å². The molecule has 20 heavy (non-hydrogen) atoms. The maximum absolute atomic E-state index is 11.8. The molecule has 0 spiro atoms. The number of rotatable bonds is 4. The van der Waals surface area contributed by atoms with E-state index in [1.165, 1.54) is 0 Å². The highest BCUT2D eigenvalue weighted by molar-refractivity contribution is 9.10. The summed E-state index contributed by atoms with van der Waals surface area (Å²) < 4.78 is 0.679. The van der Waals surface area contributed by atoms with Crippen molar-refractivity contribution in [1.29, 1.82) is 0 Å². The number of anilines is 1. The van der Waals surface area contributed by atoms with Gasteiger partial charge in [0, 0.05) is 16.7 Å². The van der Waals surface area contributed by atoms with Gasteiger partial charge in [-0.25, -0.2) is 4.79 Å². The number of aliphatic carboxylic acids is 1. The molecular weight excluding hydrogens is 348 g/mol.